The second-order valence-corrected chi connectivity index (χ2v) is 13.5. The zero-order chi connectivity index (χ0) is 38.6. The second-order valence-electron chi connectivity index (χ2n) is 13.5. The van der Waals surface area contributed by atoms with Crippen molar-refractivity contribution in [2.24, 2.45) is 0 Å². The summed E-state index contributed by atoms with van der Waals surface area (Å²) in [6.07, 6.45) is 5.01. The van der Waals surface area contributed by atoms with Crippen LogP contribution in [0.5, 0.6) is 0 Å². The van der Waals surface area contributed by atoms with E-state index >= 15 is 8.78 Å². The monoisotopic (exact) mass is 813 g/mol. The van der Waals surface area contributed by atoms with E-state index in [1.807, 2.05) is 32.9 Å². The third-order valence-electron chi connectivity index (χ3n) is 8.25. The summed E-state index contributed by atoms with van der Waals surface area (Å²) in [5, 5.41) is 1.39. The van der Waals surface area contributed by atoms with Crippen LogP contribution < -0.4 is 4.58 Å². The third-order valence-corrected chi connectivity index (χ3v) is 8.25. The van der Waals surface area contributed by atoms with Gasteiger partial charge in [-0.1, -0.05) is 91.6 Å². The average molecular weight is 814 g/mol. The van der Waals surface area contributed by atoms with Gasteiger partial charge >= 0.3 is 27.1 Å². The third kappa shape index (κ3) is 5.56. The fraction of sp³-hybridized carbons (Fsp3) is 0.256. The summed E-state index contributed by atoms with van der Waals surface area (Å²) >= 11 is 0. The minimum absolute atomic E-state index is 0. The van der Waals surface area contributed by atoms with Crippen molar-refractivity contribution in [3.05, 3.63) is 120 Å². The second kappa shape index (κ2) is 11.4. The summed E-state index contributed by atoms with van der Waals surface area (Å²) in [6, 6.07) is 17.5. The van der Waals surface area contributed by atoms with Crippen LogP contribution >= 0.6 is 0 Å². The van der Waals surface area contributed by atoms with Crippen LogP contribution in [0.4, 0.5) is 25.8 Å². The topological polar surface area (TPSA) is 36.7 Å². The van der Waals surface area contributed by atoms with Crippen molar-refractivity contribution in [3.63, 3.8) is 0 Å². The van der Waals surface area contributed by atoms with Gasteiger partial charge in [0.15, 0.2) is 6.98 Å². The first-order valence-corrected chi connectivity index (χ1v) is 14.8. The Morgan fingerprint density at radius 3 is 2.32 bits per heavy atom. The van der Waals surface area contributed by atoms with Crippen molar-refractivity contribution in [1.82, 2.24) is 19.1 Å². The van der Waals surface area contributed by atoms with Crippen LogP contribution in [0.2, 0.25) is 0 Å². The Balaban J connectivity index is 0.00000497. The molecule has 1 aliphatic rings. The molecule has 0 N–H and O–H groups in total. The number of nitrogens with zero attached hydrogens (tertiary/aromatic N) is 5. The molecule has 0 atom stereocenters. The molecular formula is C39H35F2N5Pt+2. The molecule has 4 heterocycles. The number of para-hydroxylation sites is 2. The predicted octanol–water partition coefficient (Wildman–Crippen LogP) is 9.20. The normalized spacial score (nSPS) is 15.8. The number of benzene rings is 3. The molecule has 0 amide bonds. The SMILES string of the molecule is [2H]c1c([2H])c([2H])c2c(c1[2H])[N+](c1[c-]c(C(F)(F)c3[c-]c4c(cc3)c3cnccc3n4-c3cc(C(C)(C)C)ccn3)cc(C(C)(C)C)c1)=C=[N+]2C([2H])([2H])[2H].[Pt+2]. The summed E-state index contributed by atoms with van der Waals surface area (Å²) < 4.78 is 95.7. The van der Waals surface area contributed by atoms with Gasteiger partial charge in [-0.2, -0.15) is 18.2 Å². The van der Waals surface area contributed by atoms with Crippen LogP contribution in [0.1, 0.15) is 73.4 Å². The molecule has 0 radical (unpaired) electrons. The van der Waals surface area contributed by atoms with E-state index in [-0.39, 0.29) is 43.5 Å². The molecule has 1 aliphatic heterocycles. The summed E-state index contributed by atoms with van der Waals surface area (Å²) in [4.78, 5) is 8.91. The molecule has 3 aromatic heterocycles. The number of hydrogen-bond donors (Lipinski definition) is 0. The number of hydrogen-bond acceptors (Lipinski definition) is 2. The quantitative estimate of drug-likeness (QED) is 0.132. The van der Waals surface area contributed by atoms with Gasteiger partial charge < -0.3 is 4.57 Å². The van der Waals surface area contributed by atoms with E-state index in [4.69, 9.17) is 9.60 Å². The summed E-state index contributed by atoms with van der Waals surface area (Å²) in [5.74, 6) is -3.17. The van der Waals surface area contributed by atoms with Gasteiger partial charge in [0.05, 0.1) is 5.48 Å². The van der Waals surface area contributed by atoms with Crippen LogP contribution in [-0.2, 0) is 37.8 Å². The Hall–Kier alpha value is -4.31. The van der Waals surface area contributed by atoms with E-state index in [0.717, 1.165) is 21.0 Å². The van der Waals surface area contributed by atoms with Gasteiger partial charge in [0, 0.05) is 36.2 Å². The Kier molecular flexibility index (Phi) is 6.04. The van der Waals surface area contributed by atoms with E-state index in [1.165, 1.54) is 12.1 Å². The molecule has 0 spiro atoms. The number of aromatic nitrogens is 3. The van der Waals surface area contributed by atoms with Gasteiger partial charge in [0.2, 0.25) is 0 Å². The molecule has 0 unspecified atom stereocenters. The van der Waals surface area contributed by atoms with E-state index in [2.05, 4.69) is 48.9 Å². The maximum atomic E-state index is 17.1. The summed E-state index contributed by atoms with van der Waals surface area (Å²) in [7, 11) is 0. The molecule has 47 heavy (non-hydrogen) atoms. The maximum Gasteiger partial charge on any atom is 2.00 e. The Labute approximate surface area is 298 Å². The van der Waals surface area contributed by atoms with Gasteiger partial charge in [-0.05, 0) is 40.0 Å². The van der Waals surface area contributed by atoms with E-state index in [0.29, 0.717) is 26.9 Å². The average Bonchev–Trinajstić information content (AvgIpc) is 3.66. The molecule has 238 valence electrons. The standard InChI is InChI=1S/C39H35F2N5.Pt/c1-37(2,3)25-14-17-43-36(22-25)46-32-15-16-42-23-31(32)30-13-12-26(21-35(30)46)39(40,41)28-18-27(38(4,5)6)19-29(20-28)45-24-44(7)33-10-8-9-11-34(33)45;/h8-19,22-23H,1-7H3;/q;+2/i7D3,8D,9D,10D,11D;. The molecule has 3 aromatic carbocycles. The number of pyridine rings is 2. The number of halogens is 2. The molecule has 0 saturated heterocycles. The van der Waals surface area contributed by atoms with Crippen molar-refractivity contribution in [2.45, 2.75) is 58.3 Å². The Morgan fingerprint density at radius 2 is 1.60 bits per heavy atom. The fourth-order valence-electron chi connectivity index (χ4n) is 5.63. The summed E-state index contributed by atoms with van der Waals surface area (Å²) in [6.45, 7) is 8.84. The number of fused-ring (bicyclic) bond motifs is 4. The van der Waals surface area contributed by atoms with Crippen LogP contribution in [0, 0.1) is 12.1 Å². The Morgan fingerprint density at radius 1 is 0.851 bits per heavy atom. The van der Waals surface area contributed by atoms with Crippen molar-refractivity contribution in [2.75, 3.05) is 6.98 Å². The van der Waals surface area contributed by atoms with E-state index in [9.17, 15) is 0 Å². The Bertz CT molecular complexity index is 2600. The minimum atomic E-state index is -3.70. The van der Waals surface area contributed by atoms with Gasteiger partial charge in [0.1, 0.15) is 15.6 Å². The fourth-order valence-corrected chi connectivity index (χ4v) is 5.63. The predicted molar refractivity (Wildman–Crippen MR) is 180 cm³/mol. The first-order chi connectivity index (χ1) is 24.6. The van der Waals surface area contributed by atoms with Crippen molar-refractivity contribution in [3.8, 4) is 5.82 Å². The minimum Gasteiger partial charge on any atom is -0.319 e. The van der Waals surface area contributed by atoms with Crippen molar-refractivity contribution in [1.29, 1.82) is 0 Å². The molecule has 6 aromatic rings. The van der Waals surface area contributed by atoms with Crippen LogP contribution in [-0.4, -0.2) is 32.1 Å². The van der Waals surface area contributed by atoms with Gasteiger partial charge in [-0.3, -0.25) is 4.98 Å². The molecule has 0 fully saturated rings. The molecule has 8 heteroatoms. The van der Waals surface area contributed by atoms with Gasteiger partial charge in [-0.15, -0.1) is 17.0 Å². The van der Waals surface area contributed by atoms with Crippen LogP contribution in [0.25, 0.3) is 27.6 Å². The number of rotatable bonds is 4. The molecule has 7 rings (SSSR count). The smallest absolute Gasteiger partial charge is 0.319 e. The molecule has 0 aliphatic carbocycles. The zero-order valence-electron chi connectivity index (χ0n) is 33.6. The maximum absolute atomic E-state index is 17.1. The molecular weight excluding hydrogens is 772 g/mol. The van der Waals surface area contributed by atoms with Crippen molar-refractivity contribution >= 4 is 44.9 Å². The van der Waals surface area contributed by atoms with E-state index in [1.54, 1.807) is 41.4 Å². The van der Waals surface area contributed by atoms with Crippen molar-refractivity contribution < 1.29 is 44.0 Å². The van der Waals surface area contributed by atoms with Gasteiger partial charge in [0.25, 0.3) is 17.3 Å². The number of alkyl halides is 2. The van der Waals surface area contributed by atoms with E-state index < -0.39 is 53.6 Å². The van der Waals surface area contributed by atoms with Crippen LogP contribution in [0.15, 0.2) is 85.2 Å². The first-order valence-electron chi connectivity index (χ1n) is 18.3. The molecule has 0 bridgehead atoms. The van der Waals surface area contributed by atoms with Crippen LogP contribution in [0.3, 0.4) is 0 Å². The zero-order valence-corrected chi connectivity index (χ0v) is 28.9. The molecule has 0 saturated carbocycles. The first kappa shape index (κ1) is 24.8. The van der Waals surface area contributed by atoms with Gasteiger partial charge in [-0.25, -0.2) is 13.8 Å². The summed E-state index contributed by atoms with van der Waals surface area (Å²) in [5.41, 5.74) is -0.00793. The largest absolute Gasteiger partial charge is 2.00 e. The molecule has 5 nitrogen and oxygen atoms in total.